The van der Waals surface area contributed by atoms with Gasteiger partial charge >= 0.3 is 5.97 Å². The predicted octanol–water partition coefficient (Wildman–Crippen LogP) is 2.26. The van der Waals surface area contributed by atoms with Crippen molar-refractivity contribution in [2.24, 2.45) is 5.92 Å². The van der Waals surface area contributed by atoms with E-state index in [-0.39, 0.29) is 24.6 Å². The van der Waals surface area contributed by atoms with Crippen molar-refractivity contribution in [1.82, 2.24) is 4.90 Å². The standard InChI is InChI=1S/C15H18FNO3/c1-4-8-17(10-11(2)15(19)20-3)14(18)12-6-5-7-13(16)9-12/h4-7,9,11H,1,8,10H2,2-3H3. The van der Waals surface area contributed by atoms with Crippen molar-refractivity contribution in [3.8, 4) is 0 Å². The molecule has 0 radical (unpaired) electrons. The van der Waals surface area contributed by atoms with Crippen LogP contribution in [0.15, 0.2) is 36.9 Å². The fourth-order valence-corrected chi connectivity index (χ4v) is 1.81. The van der Waals surface area contributed by atoms with Crippen molar-refractivity contribution in [3.63, 3.8) is 0 Å². The number of methoxy groups -OCH3 is 1. The fraction of sp³-hybridized carbons (Fsp3) is 0.333. The Morgan fingerprint density at radius 1 is 1.50 bits per heavy atom. The van der Waals surface area contributed by atoms with Crippen molar-refractivity contribution >= 4 is 11.9 Å². The van der Waals surface area contributed by atoms with Gasteiger partial charge in [0, 0.05) is 18.7 Å². The molecule has 0 fully saturated rings. The van der Waals surface area contributed by atoms with Crippen LogP contribution >= 0.6 is 0 Å². The lowest BCUT2D eigenvalue weighted by atomic mass is 10.1. The molecule has 0 N–H and O–H groups in total. The van der Waals surface area contributed by atoms with Crippen molar-refractivity contribution in [3.05, 3.63) is 48.3 Å². The van der Waals surface area contributed by atoms with Crippen molar-refractivity contribution < 1.29 is 18.7 Å². The third-order valence-electron chi connectivity index (χ3n) is 2.81. The van der Waals surface area contributed by atoms with E-state index in [1.165, 1.54) is 36.3 Å². The van der Waals surface area contributed by atoms with Crippen LogP contribution in [0.2, 0.25) is 0 Å². The molecule has 1 amide bonds. The van der Waals surface area contributed by atoms with E-state index in [0.717, 1.165) is 0 Å². The van der Waals surface area contributed by atoms with E-state index in [1.807, 2.05) is 0 Å². The highest BCUT2D eigenvalue weighted by Crippen LogP contribution is 2.10. The third kappa shape index (κ3) is 4.19. The molecule has 1 rings (SSSR count). The van der Waals surface area contributed by atoms with Crippen LogP contribution in [0.3, 0.4) is 0 Å². The molecule has 108 valence electrons. The van der Waals surface area contributed by atoms with E-state index in [2.05, 4.69) is 11.3 Å². The number of nitrogens with zero attached hydrogens (tertiary/aromatic N) is 1. The minimum absolute atomic E-state index is 0.189. The van der Waals surface area contributed by atoms with Crippen molar-refractivity contribution in [2.75, 3.05) is 20.2 Å². The first kappa shape index (κ1) is 15.9. The summed E-state index contributed by atoms with van der Waals surface area (Å²) in [5, 5.41) is 0. The Labute approximate surface area is 117 Å². The first-order valence-corrected chi connectivity index (χ1v) is 6.23. The van der Waals surface area contributed by atoms with Gasteiger partial charge in [0.2, 0.25) is 0 Å². The highest BCUT2D eigenvalue weighted by molar-refractivity contribution is 5.94. The van der Waals surface area contributed by atoms with Gasteiger partial charge in [-0.1, -0.05) is 19.1 Å². The fourth-order valence-electron chi connectivity index (χ4n) is 1.81. The molecule has 0 heterocycles. The SMILES string of the molecule is C=CCN(CC(C)C(=O)OC)C(=O)c1cccc(F)c1. The third-order valence-corrected chi connectivity index (χ3v) is 2.81. The molecule has 0 bridgehead atoms. The van der Waals surface area contributed by atoms with Crippen LogP contribution < -0.4 is 0 Å². The highest BCUT2D eigenvalue weighted by atomic mass is 19.1. The molecule has 0 aliphatic heterocycles. The lowest BCUT2D eigenvalue weighted by Gasteiger charge is -2.23. The maximum Gasteiger partial charge on any atom is 0.310 e. The first-order chi connectivity index (χ1) is 9.49. The highest BCUT2D eigenvalue weighted by Gasteiger charge is 2.21. The number of ether oxygens (including phenoxy) is 1. The van der Waals surface area contributed by atoms with Gasteiger partial charge in [0.05, 0.1) is 13.0 Å². The molecule has 5 heteroatoms. The molecule has 0 spiro atoms. The van der Waals surface area contributed by atoms with Crippen LogP contribution in [-0.2, 0) is 9.53 Å². The molecule has 1 unspecified atom stereocenters. The van der Waals surface area contributed by atoms with Gasteiger partial charge in [0.15, 0.2) is 0 Å². The van der Waals surface area contributed by atoms with E-state index in [1.54, 1.807) is 13.0 Å². The molecular weight excluding hydrogens is 261 g/mol. The van der Waals surface area contributed by atoms with E-state index < -0.39 is 17.7 Å². The van der Waals surface area contributed by atoms with Crippen LogP contribution in [-0.4, -0.2) is 37.0 Å². The number of rotatable bonds is 6. The molecule has 1 aromatic carbocycles. The summed E-state index contributed by atoms with van der Waals surface area (Å²) in [5.41, 5.74) is 0.240. The Bertz CT molecular complexity index is 502. The van der Waals surface area contributed by atoms with Crippen LogP contribution in [0.5, 0.6) is 0 Å². The number of carbonyl (C=O) groups is 2. The summed E-state index contributed by atoms with van der Waals surface area (Å²) in [7, 11) is 1.30. The zero-order valence-corrected chi connectivity index (χ0v) is 11.6. The molecular formula is C15H18FNO3. The molecule has 4 nitrogen and oxygen atoms in total. The largest absolute Gasteiger partial charge is 0.469 e. The minimum atomic E-state index is -0.476. The first-order valence-electron chi connectivity index (χ1n) is 6.23. The van der Waals surface area contributed by atoms with Gasteiger partial charge < -0.3 is 9.64 Å². The number of benzene rings is 1. The second-order valence-corrected chi connectivity index (χ2v) is 4.43. The Hall–Kier alpha value is -2.17. The van der Waals surface area contributed by atoms with Gasteiger partial charge in [0.1, 0.15) is 5.82 Å². The predicted molar refractivity (Wildman–Crippen MR) is 73.7 cm³/mol. The summed E-state index contributed by atoms with van der Waals surface area (Å²) in [6.45, 7) is 5.71. The van der Waals surface area contributed by atoms with Gasteiger partial charge in [-0.15, -0.1) is 6.58 Å². The number of carbonyl (C=O) groups excluding carboxylic acids is 2. The molecule has 1 atom stereocenters. The quantitative estimate of drug-likeness (QED) is 0.593. The van der Waals surface area contributed by atoms with E-state index in [9.17, 15) is 14.0 Å². The zero-order valence-electron chi connectivity index (χ0n) is 11.6. The molecule has 20 heavy (non-hydrogen) atoms. The molecule has 0 saturated heterocycles. The van der Waals surface area contributed by atoms with Gasteiger partial charge in [-0.2, -0.15) is 0 Å². The van der Waals surface area contributed by atoms with E-state index >= 15 is 0 Å². The van der Waals surface area contributed by atoms with Gasteiger partial charge in [0.25, 0.3) is 5.91 Å². The number of hydrogen-bond donors (Lipinski definition) is 0. The smallest absolute Gasteiger partial charge is 0.310 e. The maximum atomic E-state index is 13.2. The summed E-state index contributed by atoms with van der Waals surface area (Å²) in [4.78, 5) is 25.1. The number of esters is 1. The van der Waals surface area contributed by atoms with E-state index in [4.69, 9.17) is 0 Å². The summed E-state index contributed by atoms with van der Waals surface area (Å²) < 4.78 is 17.8. The van der Waals surface area contributed by atoms with Gasteiger partial charge in [-0.25, -0.2) is 4.39 Å². The summed E-state index contributed by atoms with van der Waals surface area (Å²) in [6.07, 6.45) is 1.56. The molecule has 0 saturated carbocycles. The van der Waals surface area contributed by atoms with Crippen molar-refractivity contribution in [1.29, 1.82) is 0 Å². The molecule has 0 aliphatic carbocycles. The minimum Gasteiger partial charge on any atom is -0.469 e. The number of halogens is 1. The Balaban J connectivity index is 2.87. The Morgan fingerprint density at radius 2 is 2.20 bits per heavy atom. The Morgan fingerprint density at radius 3 is 2.75 bits per heavy atom. The van der Waals surface area contributed by atoms with Crippen LogP contribution in [0.25, 0.3) is 0 Å². The Kier molecular flexibility index (Phi) is 5.90. The number of amides is 1. The lowest BCUT2D eigenvalue weighted by molar-refractivity contribution is -0.145. The monoisotopic (exact) mass is 279 g/mol. The van der Waals surface area contributed by atoms with Gasteiger partial charge in [-0.05, 0) is 18.2 Å². The zero-order chi connectivity index (χ0) is 15.1. The van der Waals surface area contributed by atoms with Crippen LogP contribution in [0, 0.1) is 11.7 Å². The second-order valence-electron chi connectivity index (χ2n) is 4.43. The molecule has 0 aromatic heterocycles. The van der Waals surface area contributed by atoms with Gasteiger partial charge in [-0.3, -0.25) is 9.59 Å². The van der Waals surface area contributed by atoms with Crippen LogP contribution in [0.1, 0.15) is 17.3 Å². The summed E-state index contributed by atoms with van der Waals surface area (Å²) in [5.74, 6) is -1.68. The average Bonchev–Trinajstić information content (AvgIpc) is 2.45. The summed E-state index contributed by atoms with van der Waals surface area (Å²) >= 11 is 0. The van der Waals surface area contributed by atoms with Crippen LogP contribution in [0.4, 0.5) is 4.39 Å². The average molecular weight is 279 g/mol. The normalized spacial score (nSPS) is 11.6. The summed E-state index contributed by atoms with van der Waals surface area (Å²) in [6, 6.07) is 5.44. The lowest BCUT2D eigenvalue weighted by Crippen LogP contribution is -2.37. The molecule has 1 aromatic rings. The second kappa shape index (κ2) is 7.43. The van der Waals surface area contributed by atoms with E-state index in [0.29, 0.717) is 0 Å². The topological polar surface area (TPSA) is 46.6 Å². The molecule has 0 aliphatic rings. The number of hydrogen-bond acceptors (Lipinski definition) is 3. The maximum absolute atomic E-state index is 13.2. The van der Waals surface area contributed by atoms with Crippen molar-refractivity contribution in [2.45, 2.75) is 6.92 Å².